The average Bonchev–Trinajstić information content (AvgIpc) is 3.25. The number of hydrogen-bond acceptors (Lipinski definition) is 3. The van der Waals surface area contributed by atoms with Crippen LogP contribution in [0.2, 0.25) is 5.02 Å². The van der Waals surface area contributed by atoms with Crippen LogP contribution in [0.15, 0.2) is 30.3 Å². The molecule has 1 aromatic heterocycles. The second-order valence-electron chi connectivity index (χ2n) is 4.92. The molecule has 1 aromatic carbocycles. The molecule has 2 aromatic rings. The van der Waals surface area contributed by atoms with E-state index in [4.69, 9.17) is 11.6 Å². The minimum atomic E-state index is 0.638. The molecule has 1 aliphatic carbocycles. The van der Waals surface area contributed by atoms with Crippen molar-refractivity contribution < 1.29 is 0 Å². The molecule has 3 nitrogen and oxygen atoms in total. The summed E-state index contributed by atoms with van der Waals surface area (Å²) in [5, 5.41) is 3.87. The van der Waals surface area contributed by atoms with Crippen molar-refractivity contribution in [2.75, 3.05) is 12.4 Å². The van der Waals surface area contributed by atoms with Gasteiger partial charge in [-0.15, -0.1) is 0 Å². The lowest BCUT2D eigenvalue weighted by molar-refractivity contribution is 0.901. The normalized spacial score (nSPS) is 14.4. The van der Waals surface area contributed by atoms with Gasteiger partial charge in [-0.1, -0.05) is 23.7 Å². The van der Waals surface area contributed by atoms with Crippen LogP contribution in [0.4, 0.5) is 5.82 Å². The molecule has 1 heterocycles. The van der Waals surface area contributed by atoms with Crippen molar-refractivity contribution in [2.24, 2.45) is 0 Å². The number of nitrogens with zero attached hydrogens (tertiary/aromatic N) is 2. The Morgan fingerprint density at radius 2 is 1.95 bits per heavy atom. The number of rotatable bonds is 4. The van der Waals surface area contributed by atoms with E-state index < -0.39 is 0 Å². The van der Waals surface area contributed by atoms with Gasteiger partial charge in [-0.3, -0.25) is 0 Å². The molecule has 1 N–H and O–H groups in total. The molecule has 3 rings (SSSR count). The van der Waals surface area contributed by atoms with Crippen molar-refractivity contribution in [1.29, 1.82) is 0 Å². The van der Waals surface area contributed by atoms with E-state index in [9.17, 15) is 0 Å². The Bertz CT molecular complexity index is 576. The molecule has 0 saturated heterocycles. The SMILES string of the molecule is CNc1cc(C2CC2)nc(Cc2ccc(Cl)cc2)n1. The fourth-order valence-corrected chi connectivity index (χ4v) is 2.22. The predicted octanol–water partition coefficient (Wildman–Crippen LogP) is 3.64. The number of hydrogen-bond donors (Lipinski definition) is 1. The van der Waals surface area contributed by atoms with Gasteiger partial charge < -0.3 is 5.32 Å². The molecule has 98 valence electrons. The Morgan fingerprint density at radius 1 is 1.21 bits per heavy atom. The highest BCUT2D eigenvalue weighted by Crippen LogP contribution is 2.39. The summed E-state index contributed by atoms with van der Waals surface area (Å²) in [5.41, 5.74) is 2.35. The van der Waals surface area contributed by atoms with Crippen LogP contribution in [0.5, 0.6) is 0 Å². The van der Waals surface area contributed by atoms with Crippen LogP contribution >= 0.6 is 11.6 Å². The third-order valence-corrected chi connectivity index (χ3v) is 3.57. The largest absolute Gasteiger partial charge is 0.373 e. The predicted molar refractivity (Wildman–Crippen MR) is 77.8 cm³/mol. The maximum absolute atomic E-state index is 5.90. The van der Waals surface area contributed by atoms with Crippen LogP contribution in [-0.2, 0) is 6.42 Å². The molecule has 1 saturated carbocycles. The van der Waals surface area contributed by atoms with E-state index >= 15 is 0 Å². The van der Waals surface area contributed by atoms with Crippen molar-refractivity contribution in [2.45, 2.75) is 25.2 Å². The number of halogens is 1. The number of aromatic nitrogens is 2. The van der Waals surface area contributed by atoms with E-state index in [1.54, 1.807) is 0 Å². The molecule has 4 heteroatoms. The summed E-state index contributed by atoms with van der Waals surface area (Å²) in [5.74, 6) is 2.41. The minimum Gasteiger partial charge on any atom is -0.373 e. The summed E-state index contributed by atoms with van der Waals surface area (Å²) < 4.78 is 0. The maximum atomic E-state index is 5.90. The number of benzene rings is 1. The number of nitrogens with one attached hydrogen (secondary N) is 1. The van der Waals surface area contributed by atoms with Crippen molar-refractivity contribution >= 4 is 17.4 Å². The summed E-state index contributed by atoms with van der Waals surface area (Å²) in [6, 6.07) is 9.91. The highest BCUT2D eigenvalue weighted by molar-refractivity contribution is 6.30. The summed E-state index contributed by atoms with van der Waals surface area (Å²) in [4.78, 5) is 9.20. The van der Waals surface area contributed by atoms with Gasteiger partial charge in [0.2, 0.25) is 0 Å². The van der Waals surface area contributed by atoms with E-state index in [1.165, 1.54) is 24.1 Å². The third kappa shape index (κ3) is 3.04. The summed E-state index contributed by atoms with van der Waals surface area (Å²) in [6.45, 7) is 0. The van der Waals surface area contributed by atoms with Gasteiger partial charge >= 0.3 is 0 Å². The van der Waals surface area contributed by atoms with E-state index in [0.29, 0.717) is 5.92 Å². The van der Waals surface area contributed by atoms with Crippen LogP contribution < -0.4 is 5.32 Å². The molecule has 0 radical (unpaired) electrons. The van der Waals surface area contributed by atoms with Gasteiger partial charge in [-0.25, -0.2) is 9.97 Å². The fourth-order valence-electron chi connectivity index (χ4n) is 2.10. The van der Waals surface area contributed by atoms with Gasteiger partial charge in [0.05, 0.1) is 0 Å². The molecule has 0 bridgehead atoms. The Hall–Kier alpha value is -1.61. The van der Waals surface area contributed by atoms with Crippen LogP contribution in [0, 0.1) is 0 Å². The molecule has 0 unspecified atom stereocenters. The topological polar surface area (TPSA) is 37.8 Å². The van der Waals surface area contributed by atoms with Gasteiger partial charge in [0.15, 0.2) is 0 Å². The Morgan fingerprint density at radius 3 is 2.58 bits per heavy atom. The number of anilines is 1. The fraction of sp³-hybridized carbons (Fsp3) is 0.333. The molecule has 1 fully saturated rings. The van der Waals surface area contributed by atoms with Crippen LogP contribution in [0.3, 0.4) is 0 Å². The Kier molecular flexibility index (Phi) is 3.38. The first-order valence-electron chi connectivity index (χ1n) is 6.54. The average molecular weight is 274 g/mol. The molecule has 0 amide bonds. The zero-order chi connectivity index (χ0) is 13.2. The van der Waals surface area contributed by atoms with Crippen LogP contribution in [-0.4, -0.2) is 17.0 Å². The summed E-state index contributed by atoms with van der Waals surface area (Å²) >= 11 is 5.90. The van der Waals surface area contributed by atoms with Crippen molar-refractivity contribution in [3.8, 4) is 0 Å². The van der Waals surface area contributed by atoms with Gasteiger partial charge in [0.25, 0.3) is 0 Å². The second-order valence-corrected chi connectivity index (χ2v) is 5.36. The first-order chi connectivity index (χ1) is 9.24. The van der Waals surface area contributed by atoms with E-state index in [0.717, 1.165) is 23.1 Å². The Balaban J connectivity index is 1.86. The molecular formula is C15H16ClN3. The Labute approximate surface area is 118 Å². The summed E-state index contributed by atoms with van der Waals surface area (Å²) in [6.07, 6.45) is 3.24. The maximum Gasteiger partial charge on any atom is 0.135 e. The lowest BCUT2D eigenvalue weighted by Crippen LogP contribution is -2.04. The van der Waals surface area contributed by atoms with E-state index in [2.05, 4.69) is 21.4 Å². The smallest absolute Gasteiger partial charge is 0.135 e. The molecule has 1 aliphatic rings. The van der Waals surface area contributed by atoms with Gasteiger partial charge in [0, 0.05) is 36.2 Å². The lowest BCUT2D eigenvalue weighted by Gasteiger charge is -2.07. The molecule has 0 aliphatic heterocycles. The third-order valence-electron chi connectivity index (χ3n) is 3.32. The van der Waals surface area contributed by atoms with Gasteiger partial charge in [0.1, 0.15) is 11.6 Å². The summed E-state index contributed by atoms with van der Waals surface area (Å²) in [7, 11) is 1.89. The monoisotopic (exact) mass is 273 g/mol. The second kappa shape index (κ2) is 5.17. The molecular weight excluding hydrogens is 258 g/mol. The van der Waals surface area contributed by atoms with Crippen molar-refractivity contribution in [3.05, 3.63) is 52.4 Å². The first-order valence-corrected chi connectivity index (χ1v) is 6.92. The van der Waals surface area contributed by atoms with Crippen LogP contribution in [0.25, 0.3) is 0 Å². The molecule has 0 spiro atoms. The molecule has 19 heavy (non-hydrogen) atoms. The quantitative estimate of drug-likeness (QED) is 0.924. The zero-order valence-electron chi connectivity index (χ0n) is 10.9. The van der Waals surface area contributed by atoms with Gasteiger partial charge in [-0.2, -0.15) is 0 Å². The lowest BCUT2D eigenvalue weighted by atomic mass is 10.1. The minimum absolute atomic E-state index is 0.638. The van der Waals surface area contributed by atoms with E-state index in [-0.39, 0.29) is 0 Å². The van der Waals surface area contributed by atoms with Gasteiger partial charge in [-0.05, 0) is 30.5 Å². The van der Waals surface area contributed by atoms with Crippen molar-refractivity contribution in [3.63, 3.8) is 0 Å². The van der Waals surface area contributed by atoms with Crippen molar-refractivity contribution in [1.82, 2.24) is 9.97 Å². The standard InChI is InChI=1S/C15H16ClN3/c1-17-14-9-13(11-4-5-11)18-15(19-14)8-10-2-6-12(16)7-3-10/h2-3,6-7,9,11H,4-5,8H2,1H3,(H,17,18,19). The van der Waals surface area contributed by atoms with Crippen LogP contribution in [0.1, 0.15) is 35.8 Å². The zero-order valence-corrected chi connectivity index (χ0v) is 11.6. The van der Waals surface area contributed by atoms with E-state index in [1.807, 2.05) is 31.3 Å². The molecule has 0 atom stereocenters. The highest BCUT2D eigenvalue weighted by Gasteiger charge is 2.26. The first kappa shape index (κ1) is 12.4. The highest BCUT2D eigenvalue weighted by atomic mass is 35.5.